The third-order valence-electron chi connectivity index (χ3n) is 12.0. The van der Waals surface area contributed by atoms with Crippen LogP contribution in [0.5, 0.6) is 5.75 Å². The second kappa shape index (κ2) is 23.5. The van der Waals surface area contributed by atoms with Crippen LogP contribution in [0.25, 0.3) is 22.3 Å². The van der Waals surface area contributed by atoms with Crippen molar-refractivity contribution in [2.45, 2.75) is 152 Å². The molecule has 0 amide bonds. The molecule has 0 unspecified atom stereocenters. The summed E-state index contributed by atoms with van der Waals surface area (Å²) in [5.41, 5.74) is 14.1. The number of benzene rings is 5. The van der Waals surface area contributed by atoms with Gasteiger partial charge in [0.15, 0.2) is 0 Å². The standard InChI is InChI=1S/C36H50O.C10H12.C6F5N.C6H8N.Mo/c1-20(2)26-16-30(22(5)6)34(31(17-26)23(7)8)28-14-13-15-29(36(28)37)35-32(24(9)10)18-27(21(3)4)19-33(35)25(11)12;1-10(2,3)9-7-5-4-6-8-9;7-1-2(8)4(10)6(12)5(11)3(1)9;1-5-3-4-6(2)7-5;/h13-25,37H,1-12H3;1,4-8H,2-3H3;;3-4H,1-2H3;/q;;;-1;. The van der Waals surface area contributed by atoms with E-state index in [1.54, 1.807) is 4.40 Å². The quantitative estimate of drug-likeness (QED) is 0.0608. The number of aromatic hydroxyl groups is 1. The molecular weight excluding hydrogens is 932 g/mol. The van der Waals surface area contributed by atoms with Crippen LogP contribution in [-0.2, 0) is 23.3 Å². The Kier molecular flexibility index (Phi) is 19.2. The number of hydrogen-bond acceptors (Lipinski definition) is 2. The predicted molar refractivity (Wildman–Crippen MR) is 267 cm³/mol. The van der Waals surface area contributed by atoms with Crippen LogP contribution in [0.4, 0.5) is 27.6 Å². The Morgan fingerprint density at radius 1 is 0.507 bits per heavy atom. The minimum absolute atomic E-state index is 0.358. The molecule has 0 fully saturated rings. The first-order chi connectivity index (χ1) is 31.3. The summed E-state index contributed by atoms with van der Waals surface area (Å²) in [4.78, 5) is 4.11. The Hall–Kier alpha value is -4.81. The zero-order chi connectivity index (χ0) is 50.2. The molecule has 0 aliphatic rings. The Morgan fingerprint density at radius 2 is 0.866 bits per heavy atom. The summed E-state index contributed by atoms with van der Waals surface area (Å²) in [6, 6.07) is 29.2. The van der Waals surface area contributed by atoms with Crippen LogP contribution in [0.2, 0.25) is 0 Å². The van der Waals surface area contributed by atoms with Gasteiger partial charge >= 0.3 is 138 Å². The SMILES string of the molecule is CC(C)([CH]=[Mo]=[N]c1c(F)c(F)c(F)c(F)c1F)c1ccccc1.CC(C)c1cc(C(C)C)c(-c2cccc(-c3c(C(C)C)cc(C(C)C)cc3C(C)C)c2O)c(C(C)C)c1.Cc1ccc(C)[n-]1. The maximum Gasteiger partial charge on any atom is 0.131 e. The van der Waals surface area contributed by atoms with Gasteiger partial charge in [0, 0.05) is 11.1 Å². The van der Waals surface area contributed by atoms with Gasteiger partial charge in [-0.05, 0) is 80.0 Å². The maximum atomic E-state index is 13.5. The van der Waals surface area contributed by atoms with E-state index in [9.17, 15) is 27.1 Å². The van der Waals surface area contributed by atoms with Crippen molar-refractivity contribution in [1.82, 2.24) is 4.98 Å². The average molecular weight is 1000 g/mol. The molecule has 6 rings (SSSR count). The fourth-order valence-corrected chi connectivity index (χ4v) is 9.66. The molecule has 9 heteroatoms. The van der Waals surface area contributed by atoms with Crippen LogP contribution in [0.1, 0.15) is 183 Å². The van der Waals surface area contributed by atoms with Gasteiger partial charge in [0.25, 0.3) is 0 Å². The molecule has 0 saturated heterocycles. The van der Waals surface area contributed by atoms with Crippen LogP contribution < -0.4 is 4.98 Å². The molecule has 0 saturated carbocycles. The second-order valence-electron chi connectivity index (χ2n) is 19.8. The molecule has 1 heterocycles. The maximum absolute atomic E-state index is 13.5. The van der Waals surface area contributed by atoms with Gasteiger partial charge in [-0.1, -0.05) is 152 Å². The molecule has 3 nitrogen and oxygen atoms in total. The van der Waals surface area contributed by atoms with Gasteiger partial charge in [0.05, 0.1) is 0 Å². The molecule has 1 aromatic heterocycles. The number of aryl methyl sites for hydroxylation is 2. The third-order valence-corrected chi connectivity index (χ3v) is 14.4. The molecule has 6 aromatic rings. The van der Waals surface area contributed by atoms with E-state index in [0.717, 1.165) is 28.1 Å². The Morgan fingerprint density at radius 3 is 1.18 bits per heavy atom. The smallest absolute Gasteiger partial charge is 0.131 e. The molecule has 0 bridgehead atoms. The number of hydrogen-bond donors (Lipinski definition) is 1. The van der Waals surface area contributed by atoms with Crippen molar-refractivity contribution < 1.29 is 45.0 Å². The van der Waals surface area contributed by atoms with Gasteiger partial charge in [-0.3, -0.25) is 0 Å². The van der Waals surface area contributed by atoms with Crippen LogP contribution >= 0.6 is 0 Å². The molecule has 0 radical (unpaired) electrons. The number of phenols is 1. The zero-order valence-corrected chi connectivity index (χ0v) is 44.3. The fourth-order valence-electron chi connectivity index (χ4n) is 7.89. The van der Waals surface area contributed by atoms with E-state index < -0.39 is 58.1 Å². The van der Waals surface area contributed by atoms with Gasteiger partial charge in [0.2, 0.25) is 0 Å². The summed E-state index contributed by atoms with van der Waals surface area (Å²) in [6.07, 6.45) is 0. The van der Waals surface area contributed by atoms with Crippen molar-refractivity contribution in [3.63, 3.8) is 0 Å². The molecule has 0 aliphatic heterocycles. The first-order valence-electron chi connectivity index (χ1n) is 23.3. The molecule has 0 aliphatic carbocycles. The Labute approximate surface area is 405 Å². The number of aromatic nitrogens is 1. The third kappa shape index (κ3) is 13.3. The van der Waals surface area contributed by atoms with Crippen molar-refractivity contribution in [2.24, 2.45) is 3.50 Å². The zero-order valence-electron chi connectivity index (χ0n) is 42.3. The van der Waals surface area contributed by atoms with Crippen LogP contribution in [-0.4, -0.2) is 9.51 Å². The summed E-state index contributed by atoms with van der Waals surface area (Å²) in [5, 5.41) is 12.1. The Balaban J connectivity index is 0.000000275. The van der Waals surface area contributed by atoms with Gasteiger partial charge < -0.3 is 10.1 Å². The number of phenolic OH excluding ortho intramolecular Hbond substituents is 1. The molecule has 0 spiro atoms. The van der Waals surface area contributed by atoms with Crippen molar-refractivity contribution in [3.05, 3.63) is 164 Å². The van der Waals surface area contributed by atoms with E-state index in [1.807, 2.05) is 70.2 Å². The number of nitrogens with zero attached hydrogens (tertiary/aromatic N) is 2. The van der Waals surface area contributed by atoms with Crippen molar-refractivity contribution >= 4 is 10.1 Å². The van der Waals surface area contributed by atoms with E-state index in [1.165, 1.54) is 44.5 Å². The summed E-state index contributed by atoms with van der Waals surface area (Å²) in [6.45, 7) is 35.0. The normalized spacial score (nSPS) is 11.6. The minimum Gasteiger partial charge on any atom is -0.665 e. The number of halogens is 5. The van der Waals surface area contributed by atoms with E-state index in [2.05, 4.69) is 134 Å². The summed E-state index contributed by atoms with van der Waals surface area (Å²) < 4.78 is 71.7. The topological polar surface area (TPSA) is 46.7 Å². The molecule has 1 N–H and O–H groups in total. The van der Waals surface area contributed by atoms with Crippen molar-refractivity contribution in [2.75, 3.05) is 0 Å². The van der Waals surface area contributed by atoms with Gasteiger partial charge in [-0.25, -0.2) is 0 Å². The van der Waals surface area contributed by atoms with Crippen molar-refractivity contribution in [3.8, 4) is 28.0 Å². The predicted octanol–water partition coefficient (Wildman–Crippen LogP) is 17.8. The van der Waals surface area contributed by atoms with Crippen LogP contribution in [0.3, 0.4) is 0 Å². The van der Waals surface area contributed by atoms with E-state index in [4.69, 9.17) is 0 Å². The van der Waals surface area contributed by atoms with Crippen LogP contribution in [0, 0.1) is 42.9 Å². The van der Waals surface area contributed by atoms with Gasteiger partial charge in [-0.15, -0.1) is 0 Å². The van der Waals surface area contributed by atoms with Crippen molar-refractivity contribution in [1.29, 1.82) is 0 Å². The largest absolute Gasteiger partial charge is 0.665 e. The molecule has 360 valence electrons. The summed E-state index contributed by atoms with van der Waals surface area (Å²) in [5.74, 6) is -7.14. The first kappa shape index (κ1) is 54.8. The number of rotatable bonds is 11. The molecule has 5 aromatic carbocycles. The minimum atomic E-state index is -2.17. The molecule has 67 heavy (non-hydrogen) atoms. The average Bonchev–Trinajstić information content (AvgIpc) is 3.67. The monoisotopic (exact) mass is 1000 g/mol. The van der Waals surface area contributed by atoms with E-state index in [-0.39, 0.29) is 0 Å². The van der Waals surface area contributed by atoms with Gasteiger partial charge in [-0.2, -0.15) is 11.4 Å². The molecular formula is C58H70F5MoN2O-. The van der Waals surface area contributed by atoms with E-state index in [0.29, 0.717) is 41.3 Å². The fraction of sp³-hybridized carbons (Fsp3) is 0.397. The molecule has 0 atom stereocenters. The van der Waals surface area contributed by atoms with Crippen LogP contribution in [0.15, 0.2) is 88.4 Å². The first-order valence-corrected chi connectivity index (χ1v) is 25.4. The van der Waals surface area contributed by atoms with Gasteiger partial charge in [0.1, 0.15) is 5.75 Å². The Bertz CT molecular complexity index is 2510. The number of para-hydroxylation sites is 1. The second-order valence-corrected chi connectivity index (χ2v) is 21.4. The van der Waals surface area contributed by atoms with E-state index >= 15 is 0 Å². The summed E-state index contributed by atoms with van der Waals surface area (Å²) >= 11 is -1.47. The summed E-state index contributed by atoms with van der Waals surface area (Å²) in [7, 11) is 0.